The molecule has 0 aliphatic heterocycles. The Kier molecular flexibility index (Phi) is 5.50. The highest BCUT2D eigenvalue weighted by Gasteiger charge is 2.19. The summed E-state index contributed by atoms with van der Waals surface area (Å²) in [6.07, 6.45) is 1.84. The zero-order valence-corrected chi connectivity index (χ0v) is 23.8. The topological polar surface area (TPSA) is 38.7 Å². The number of fused-ring (bicyclic) bond motifs is 6. The lowest BCUT2D eigenvalue weighted by molar-refractivity contribution is 1.33. The molecule has 7 aromatic carbocycles. The van der Waals surface area contributed by atoms with Crippen molar-refractivity contribution in [2.45, 2.75) is 0 Å². The highest BCUT2D eigenvalue weighted by molar-refractivity contribution is 6.25. The second-order valence-corrected chi connectivity index (χ2v) is 11.2. The van der Waals surface area contributed by atoms with Crippen LogP contribution in [0.5, 0.6) is 0 Å². The fourth-order valence-corrected chi connectivity index (χ4v) is 6.73. The van der Waals surface area contributed by atoms with Crippen LogP contribution in [0.15, 0.2) is 152 Å². The number of nitrogens with zero attached hydrogens (tertiary/aromatic N) is 3. The number of pyridine rings is 1. The van der Waals surface area contributed by atoms with E-state index < -0.39 is 0 Å². The number of benzene rings is 7. The van der Waals surface area contributed by atoms with E-state index in [1.807, 2.05) is 42.6 Å². The zero-order chi connectivity index (χ0) is 29.0. The van der Waals surface area contributed by atoms with Gasteiger partial charge in [-0.15, -0.1) is 0 Å². The van der Waals surface area contributed by atoms with E-state index in [0.717, 1.165) is 38.7 Å². The summed E-state index contributed by atoms with van der Waals surface area (Å²) in [5.74, 6) is 0. The Morgan fingerprint density at radius 1 is 0.364 bits per heavy atom. The van der Waals surface area contributed by atoms with E-state index in [2.05, 4.69) is 114 Å². The third kappa shape index (κ3) is 3.80. The largest absolute Gasteiger partial charge is 0.256 e. The van der Waals surface area contributed by atoms with E-state index in [9.17, 15) is 0 Å². The molecule has 0 fully saturated rings. The van der Waals surface area contributed by atoms with E-state index in [1.165, 1.54) is 49.2 Å². The van der Waals surface area contributed by atoms with Crippen LogP contribution in [0.1, 0.15) is 0 Å². The summed E-state index contributed by atoms with van der Waals surface area (Å²) < 4.78 is 0. The molecule has 3 nitrogen and oxygen atoms in total. The van der Waals surface area contributed by atoms with Crippen molar-refractivity contribution in [1.29, 1.82) is 0 Å². The summed E-state index contributed by atoms with van der Waals surface area (Å²) >= 11 is 0. The third-order valence-corrected chi connectivity index (χ3v) is 8.69. The molecule has 0 radical (unpaired) electrons. The minimum atomic E-state index is 0.903. The van der Waals surface area contributed by atoms with Crippen LogP contribution in [0.3, 0.4) is 0 Å². The molecular weight excluding hydrogens is 534 g/mol. The molecule has 0 unspecified atom stereocenters. The van der Waals surface area contributed by atoms with Gasteiger partial charge in [0, 0.05) is 17.1 Å². The zero-order valence-electron chi connectivity index (χ0n) is 23.8. The van der Waals surface area contributed by atoms with Crippen molar-refractivity contribution in [2.75, 3.05) is 0 Å². The number of hydrogen-bond acceptors (Lipinski definition) is 3. The van der Waals surface area contributed by atoms with Gasteiger partial charge < -0.3 is 0 Å². The van der Waals surface area contributed by atoms with Gasteiger partial charge in [-0.1, -0.05) is 115 Å². The van der Waals surface area contributed by atoms with E-state index in [0.29, 0.717) is 0 Å². The normalized spacial score (nSPS) is 11.6. The van der Waals surface area contributed by atoms with Gasteiger partial charge in [-0.2, -0.15) is 0 Å². The lowest BCUT2D eigenvalue weighted by atomic mass is 9.84. The fraction of sp³-hybridized carbons (Fsp3) is 0. The predicted molar refractivity (Wildman–Crippen MR) is 184 cm³/mol. The van der Waals surface area contributed by atoms with Crippen LogP contribution in [-0.2, 0) is 0 Å². The first-order valence-electron chi connectivity index (χ1n) is 14.9. The first-order valence-corrected chi connectivity index (χ1v) is 14.9. The first-order chi connectivity index (χ1) is 21.8. The smallest absolute Gasteiger partial charge is 0.0973 e. The molecule has 0 N–H and O–H groups in total. The highest BCUT2D eigenvalue weighted by atomic mass is 14.8. The molecule has 0 saturated heterocycles. The van der Waals surface area contributed by atoms with Gasteiger partial charge in [0.05, 0.1) is 27.8 Å². The number of rotatable bonds is 3. The Morgan fingerprint density at radius 3 is 1.52 bits per heavy atom. The molecule has 0 aliphatic rings. The average molecular weight is 560 g/mol. The molecule has 0 bridgehead atoms. The molecule has 2 aromatic heterocycles. The molecule has 44 heavy (non-hydrogen) atoms. The van der Waals surface area contributed by atoms with Crippen LogP contribution in [0, 0.1) is 0 Å². The quantitative estimate of drug-likeness (QED) is 0.160. The number of hydrogen-bond donors (Lipinski definition) is 0. The van der Waals surface area contributed by atoms with Crippen molar-refractivity contribution in [1.82, 2.24) is 15.0 Å². The summed E-state index contributed by atoms with van der Waals surface area (Å²) in [5.41, 5.74) is 10.5. The maximum atomic E-state index is 5.10. The van der Waals surface area contributed by atoms with Gasteiger partial charge >= 0.3 is 0 Å². The monoisotopic (exact) mass is 559 g/mol. The summed E-state index contributed by atoms with van der Waals surface area (Å²) in [5, 5.41) is 7.16. The van der Waals surface area contributed by atoms with Gasteiger partial charge in [0.25, 0.3) is 0 Å². The van der Waals surface area contributed by atoms with Crippen LogP contribution < -0.4 is 0 Å². The lowest BCUT2D eigenvalue weighted by Gasteiger charge is -2.19. The minimum absolute atomic E-state index is 0.903. The van der Waals surface area contributed by atoms with E-state index in [4.69, 9.17) is 9.97 Å². The molecule has 204 valence electrons. The van der Waals surface area contributed by atoms with Gasteiger partial charge in [0.1, 0.15) is 0 Å². The minimum Gasteiger partial charge on any atom is -0.256 e. The molecule has 3 heteroatoms. The molecule has 0 aliphatic carbocycles. The highest BCUT2D eigenvalue weighted by Crippen LogP contribution is 2.46. The average Bonchev–Trinajstić information content (AvgIpc) is 3.10. The molecular formula is C41H25N3. The van der Waals surface area contributed by atoms with Crippen molar-refractivity contribution < 1.29 is 0 Å². The van der Waals surface area contributed by atoms with Gasteiger partial charge in [0.2, 0.25) is 0 Å². The molecule has 0 saturated carbocycles. The molecule has 0 amide bonds. The van der Waals surface area contributed by atoms with Gasteiger partial charge in [-0.25, -0.2) is 9.97 Å². The fourth-order valence-electron chi connectivity index (χ4n) is 6.73. The second-order valence-electron chi connectivity index (χ2n) is 11.2. The molecule has 0 spiro atoms. The molecule has 9 rings (SSSR count). The Morgan fingerprint density at radius 2 is 0.886 bits per heavy atom. The Balaban J connectivity index is 1.37. The Labute approximate surface area is 254 Å². The maximum absolute atomic E-state index is 5.10. The van der Waals surface area contributed by atoms with Crippen LogP contribution >= 0.6 is 0 Å². The summed E-state index contributed by atoms with van der Waals surface area (Å²) in [7, 11) is 0. The number of aromatic nitrogens is 3. The SMILES string of the molecule is c1ccc(-c2ccc(-c3c4ccccc4c(-c4cc5nc6ccccc6nc5c5ccccc45)c4ccccc34)cc2)nc1. The molecule has 2 heterocycles. The first kappa shape index (κ1) is 24.6. The summed E-state index contributed by atoms with van der Waals surface area (Å²) in [6, 6.07) is 51.4. The summed E-state index contributed by atoms with van der Waals surface area (Å²) in [6.45, 7) is 0. The predicted octanol–water partition coefficient (Wildman–Crippen LogP) is 10.6. The van der Waals surface area contributed by atoms with Crippen molar-refractivity contribution in [3.05, 3.63) is 152 Å². The van der Waals surface area contributed by atoms with Crippen LogP contribution in [0.4, 0.5) is 0 Å². The molecule has 0 atom stereocenters. The Hall–Kier alpha value is -5.93. The van der Waals surface area contributed by atoms with Crippen LogP contribution in [0.25, 0.3) is 87.9 Å². The standard InChI is InChI=1S/C41H25N3/c1-6-16-33-28(11-1)34(25-38-41(33)44-37-19-8-7-18-36(37)43-38)40-31-14-4-2-12-29(31)39(30-13-3-5-15-32(30)40)27-22-20-26(21-23-27)35-17-9-10-24-42-35/h1-25H. The van der Waals surface area contributed by atoms with Crippen LogP contribution in [-0.4, -0.2) is 15.0 Å². The second kappa shape index (κ2) is 9.82. The van der Waals surface area contributed by atoms with Crippen molar-refractivity contribution in [2.24, 2.45) is 0 Å². The van der Waals surface area contributed by atoms with Crippen LogP contribution in [0.2, 0.25) is 0 Å². The summed E-state index contributed by atoms with van der Waals surface area (Å²) in [4.78, 5) is 14.7. The van der Waals surface area contributed by atoms with Gasteiger partial charge in [-0.05, 0) is 79.5 Å². The maximum Gasteiger partial charge on any atom is 0.0973 e. The van der Waals surface area contributed by atoms with Crippen molar-refractivity contribution >= 4 is 54.4 Å². The van der Waals surface area contributed by atoms with E-state index in [1.54, 1.807) is 0 Å². The van der Waals surface area contributed by atoms with E-state index >= 15 is 0 Å². The van der Waals surface area contributed by atoms with E-state index in [-0.39, 0.29) is 0 Å². The number of para-hydroxylation sites is 2. The lowest BCUT2D eigenvalue weighted by Crippen LogP contribution is -1.94. The van der Waals surface area contributed by atoms with Gasteiger partial charge in [-0.3, -0.25) is 4.98 Å². The van der Waals surface area contributed by atoms with Gasteiger partial charge in [0.15, 0.2) is 0 Å². The van der Waals surface area contributed by atoms with Crippen molar-refractivity contribution in [3.63, 3.8) is 0 Å². The third-order valence-electron chi connectivity index (χ3n) is 8.69. The van der Waals surface area contributed by atoms with Crippen molar-refractivity contribution in [3.8, 4) is 33.5 Å². The molecule has 9 aromatic rings. The Bertz CT molecular complexity index is 2480.